The average Bonchev–Trinajstić information content (AvgIpc) is 2.90. The molecule has 19 heavy (non-hydrogen) atoms. The molecule has 1 rings (SSSR count). The molecule has 112 valence electrons. The molecule has 0 aromatic heterocycles. The van der Waals surface area contributed by atoms with Gasteiger partial charge in [0.25, 0.3) is 0 Å². The summed E-state index contributed by atoms with van der Waals surface area (Å²) in [5, 5.41) is 6.44. The maximum absolute atomic E-state index is 11.9. The van der Waals surface area contributed by atoms with E-state index in [9.17, 15) is 4.79 Å². The molecule has 2 N–H and O–H groups in total. The normalized spacial score (nSPS) is 19.3. The Labute approximate surface area is 122 Å². The number of hydrogen-bond acceptors (Lipinski definition) is 3. The van der Waals surface area contributed by atoms with E-state index < -0.39 is 0 Å². The van der Waals surface area contributed by atoms with E-state index in [1.807, 2.05) is 18.7 Å². The van der Waals surface area contributed by atoms with Gasteiger partial charge in [-0.25, -0.2) is 0 Å². The van der Waals surface area contributed by atoms with E-state index in [-0.39, 0.29) is 11.9 Å². The van der Waals surface area contributed by atoms with Crippen LogP contribution in [0, 0.1) is 0 Å². The predicted molar refractivity (Wildman–Crippen MR) is 84.7 cm³/mol. The van der Waals surface area contributed by atoms with E-state index >= 15 is 0 Å². The Balaban J connectivity index is 2.22. The molecule has 1 aliphatic carbocycles. The van der Waals surface area contributed by atoms with Crippen LogP contribution in [0.4, 0.5) is 0 Å². The molecule has 1 aliphatic rings. The van der Waals surface area contributed by atoms with Crippen LogP contribution in [0.2, 0.25) is 0 Å². The SMILES string of the molecule is CCCCCNC(=O)C(C)NCC1(SC)CCCC1. The number of carbonyl (C=O) groups is 1. The number of rotatable bonds is 9. The molecule has 1 atom stereocenters. The minimum atomic E-state index is -0.0775. The van der Waals surface area contributed by atoms with Crippen LogP contribution in [0.25, 0.3) is 0 Å². The molecule has 1 unspecified atom stereocenters. The van der Waals surface area contributed by atoms with Crippen molar-refractivity contribution in [2.24, 2.45) is 0 Å². The number of amides is 1. The van der Waals surface area contributed by atoms with E-state index in [1.165, 1.54) is 38.5 Å². The second-order valence-corrected chi connectivity index (χ2v) is 6.97. The minimum Gasteiger partial charge on any atom is -0.355 e. The zero-order valence-corrected chi connectivity index (χ0v) is 13.6. The van der Waals surface area contributed by atoms with Gasteiger partial charge in [0.05, 0.1) is 6.04 Å². The summed E-state index contributed by atoms with van der Waals surface area (Å²) in [6, 6.07) is -0.0775. The van der Waals surface area contributed by atoms with E-state index in [0.717, 1.165) is 19.5 Å². The highest BCUT2D eigenvalue weighted by molar-refractivity contribution is 8.00. The highest BCUT2D eigenvalue weighted by atomic mass is 32.2. The van der Waals surface area contributed by atoms with Crippen molar-refractivity contribution < 1.29 is 4.79 Å². The van der Waals surface area contributed by atoms with E-state index in [1.54, 1.807) is 0 Å². The minimum absolute atomic E-state index is 0.0775. The fraction of sp³-hybridized carbons (Fsp3) is 0.933. The van der Waals surface area contributed by atoms with Crippen LogP contribution in [0.3, 0.4) is 0 Å². The lowest BCUT2D eigenvalue weighted by Gasteiger charge is -2.28. The van der Waals surface area contributed by atoms with Crippen LogP contribution < -0.4 is 10.6 Å². The van der Waals surface area contributed by atoms with Gasteiger partial charge >= 0.3 is 0 Å². The molecule has 1 saturated carbocycles. The third kappa shape index (κ3) is 5.74. The van der Waals surface area contributed by atoms with E-state index in [4.69, 9.17) is 0 Å². The number of hydrogen-bond donors (Lipinski definition) is 2. The van der Waals surface area contributed by atoms with Crippen molar-refractivity contribution >= 4 is 17.7 Å². The Kier molecular flexibility index (Phi) is 7.84. The lowest BCUT2D eigenvalue weighted by molar-refractivity contribution is -0.122. The van der Waals surface area contributed by atoms with Gasteiger partial charge in [-0.2, -0.15) is 11.8 Å². The molecule has 0 aliphatic heterocycles. The molecule has 0 aromatic carbocycles. The highest BCUT2D eigenvalue weighted by Gasteiger charge is 2.33. The van der Waals surface area contributed by atoms with Gasteiger partial charge in [0.15, 0.2) is 0 Å². The number of thioether (sulfide) groups is 1. The van der Waals surface area contributed by atoms with Gasteiger partial charge in [-0.05, 0) is 32.4 Å². The van der Waals surface area contributed by atoms with Gasteiger partial charge in [0.1, 0.15) is 0 Å². The Morgan fingerprint density at radius 1 is 1.32 bits per heavy atom. The summed E-state index contributed by atoms with van der Waals surface area (Å²) in [7, 11) is 0. The van der Waals surface area contributed by atoms with Gasteiger partial charge in [0, 0.05) is 17.8 Å². The Morgan fingerprint density at radius 2 is 2.00 bits per heavy atom. The quantitative estimate of drug-likeness (QED) is 0.640. The van der Waals surface area contributed by atoms with Gasteiger partial charge in [0.2, 0.25) is 5.91 Å². The second-order valence-electron chi connectivity index (χ2n) is 5.69. The maximum Gasteiger partial charge on any atom is 0.236 e. The van der Waals surface area contributed by atoms with Gasteiger partial charge in [-0.3, -0.25) is 4.79 Å². The molecule has 0 saturated heterocycles. The molecule has 3 nitrogen and oxygen atoms in total. The molecule has 1 fully saturated rings. The van der Waals surface area contributed by atoms with Crippen molar-refractivity contribution in [1.29, 1.82) is 0 Å². The largest absolute Gasteiger partial charge is 0.355 e. The summed E-state index contributed by atoms with van der Waals surface area (Å²) in [6.07, 6.45) is 10.9. The topological polar surface area (TPSA) is 41.1 Å². The summed E-state index contributed by atoms with van der Waals surface area (Å²) >= 11 is 1.96. The number of nitrogens with one attached hydrogen (secondary N) is 2. The van der Waals surface area contributed by atoms with Gasteiger partial charge in [-0.15, -0.1) is 0 Å². The first-order chi connectivity index (χ1) is 9.13. The van der Waals surface area contributed by atoms with Crippen LogP contribution in [-0.4, -0.2) is 36.0 Å². The van der Waals surface area contributed by atoms with Crippen molar-refractivity contribution in [3.05, 3.63) is 0 Å². The first-order valence-electron chi connectivity index (χ1n) is 7.70. The van der Waals surface area contributed by atoms with Gasteiger partial charge in [-0.1, -0.05) is 32.6 Å². The van der Waals surface area contributed by atoms with Crippen molar-refractivity contribution in [2.45, 2.75) is 69.6 Å². The summed E-state index contributed by atoms with van der Waals surface area (Å²) in [5.74, 6) is 0.144. The van der Waals surface area contributed by atoms with Crippen molar-refractivity contribution in [2.75, 3.05) is 19.3 Å². The standard InChI is InChI=1S/C15H30N2OS/c1-4-5-8-11-16-14(18)13(2)17-12-15(19-3)9-6-7-10-15/h13,17H,4-12H2,1-3H3,(H,16,18). The lowest BCUT2D eigenvalue weighted by atomic mass is 10.1. The third-order valence-electron chi connectivity index (χ3n) is 4.15. The number of carbonyl (C=O) groups excluding carboxylic acids is 1. The molecule has 4 heteroatoms. The molecule has 1 amide bonds. The van der Waals surface area contributed by atoms with Gasteiger partial charge < -0.3 is 10.6 Å². The lowest BCUT2D eigenvalue weighted by Crippen LogP contribution is -2.47. The Hall–Kier alpha value is -0.220. The summed E-state index contributed by atoms with van der Waals surface area (Å²) in [4.78, 5) is 11.9. The molecule has 0 heterocycles. The van der Waals surface area contributed by atoms with Crippen LogP contribution in [0.15, 0.2) is 0 Å². The summed E-state index contributed by atoms with van der Waals surface area (Å²) in [6.45, 7) is 5.91. The Morgan fingerprint density at radius 3 is 2.58 bits per heavy atom. The first kappa shape index (κ1) is 16.8. The first-order valence-corrected chi connectivity index (χ1v) is 8.92. The summed E-state index contributed by atoms with van der Waals surface area (Å²) in [5.41, 5.74) is 0. The van der Waals surface area contributed by atoms with Crippen LogP contribution in [-0.2, 0) is 4.79 Å². The molecule has 0 spiro atoms. The molecular weight excluding hydrogens is 256 g/mol. The fourth-order valence-electron chi connectivity index (χ4n) is 2.64. The molecule has 0 aromatic rings. The summed E-state index contributed by atoms with van der Waals surface area (Å²) < 4.78 is 0.372. The van der Waals surface area contributed by atoms with E-state index in [2.05, 4.69) is 23.8 Å². The predicted octanol–water partition coefficient (Wildman–Crippen LogP) is 2.95. The number of unbranched alkanes of at least 4 members (excludes halogenated alkanes) is 2. The Bertz CT molecular complexity index is 265. The van der Waals surface area contributed by atoms with Crippen LogP contribution >= 0.6 is 11.8 Å². The van der Waals surface area contributed by atoms with Crippen molar-refractivity contribution in [1.82, 2.24) is 10.6 Å². The van der Waals surface area contributed by atoms with Crippen LogP contribution in [0.5, 0.6) is 0 Å². The van der Waals surface area contributed by atoms with Crippen molar-refractivity contribution in [3.63, 3.8) is 0 Å². The molecular formula is C15H30N2OS. The molecule has 0 bridgehead atoms. The monoisotopic (exact) mass is 286 g/mol. The fourth-order valence-corrected chi connectivity index (χ4v) is 3.57. The average molecular weight is 286 g/mol. The highest BCUT2D eigenvalue weighted by Crippen LogP contribution is 2.39. The molecule has 0 radical (unpaired) electrons. The zero-order chi connectivity index (χ0) is 14.1. The maximum atomic E-state index is 11.9. The zero-order valence-electron chi connectivity index (χ0n) is 12.8. The second kappa shape index (κ2) is 8.85. The third-order valence-corrected chi connectivity index (χ3v) is 5.57. The van der Waals surface area contributed by atoms with Crippen LogP contribution in [0.1, 0.15) is 58.8 Å². The smallest absolute Gasteiger partial charge is 0.236 e. The van der Waals surface area contributed by atoms with E-state index in [0.29, 0.717) is 4.75 Å². The van der Waals surface area contributed by atoms with Crippen molar-refractivity contribution in [3.8, 4) is 0 Å².